The van der Waals surface area contributed by atoms with Gasteiger partial charge in [0.1, 0.15) is 12.3 Å². The van der Waals surface area contributed by atoms with Gasteiger partial charge in [0, 0.05) is 13.2 Å². The molecule has 0 aliphatic heterocycles. The van der Waals surface area contributed by atoms with Crippen LogP contribution in [0.4, 0.5) is 4.39 Å². The number of nitrogens with one attached hydrogen (secondary N) is 1. The number of rotatable bonds is 6. The average molecular weight is 338 g/mol. The zero-order valence-corrected chi connectivity index (χ0v) is 13.9. The van der Waals surface area contributed by atoms with Gasteiger partial charge in [-0.05, 0) is 29.8 Å². The minimum Gasteiger partial charge on any atom is -0.488 e. The van der Waals surface area contributed by atoms with Crippen LogP contribution in [-0.2, 0) is 7.05 Å². The third-order valence-electron chi connectivity index (χ3n) is 3.93. The SMILES string of the molecule is Cn1cccc1C(=O)NC(COc1ccccc1F)c1ccccc1. The fourth-order valence-corrected chi connectivity index (χ4v) is 2.57. The van der Waals surface area contributed by atoms with Gasteiger partial charge in [-0.1, -0.05) is 42.5 Å². The molecule has 0 spiro atoms. The van der Waals surface area contributed by atoms with Crippen LogP contribution in [0.1, 0.15) is 22.1 Å². The zero-order valence-electron chi connectivity index (χ0n) is 13.9. The standard InChI is InChI=1S/C20H19FN2O2/c1-23-13-7-11-18(23)20(24)22-17(15-8-3-2-4-9-15)14-25-19-12-6-5-10-16(19)21/h2-13,17H,14H2,1H3,(H,22,24). The van der Waals surface area contributed by atoms with Crippen LogP contribution in [0.2, 0.25) is 0 Å². The molecule has 0 saturated heterocycles. The second-order valence-electron chi connectivity index (χ2n) is 5.68. The summed E-state index contributed by atoms with van der Waals surface area (Å²) in [5, 5.41) is 2.96. The molecule has 0 bridgehead atoms. The molecule has 1 aromatic heterocycles. The predicted molar refractivity (Wildman–Crippen MR) is 94.0 cm³/mol. The molecule has 3 aromatic rings. The van der Waals surface area contributed by atoms with Gasteiger partial charge in [0.2, 0.25) is 0 Å². The summed E-state index contributed by atoms with van der Waals surface area (Å²) < 4.78 is 21.1. The fourth-order valence-electron chi connectivity index (χ4n) is 2.57. The molecule has 4 nitrogen and oxygen atoms in total. The minimum absolute atomic E-state index is 0.126. The first kappa shape index (κ1) is 16.8. The molecule has 0 aliphatic rings. The number of aryl methyl sites for hydroxylation is 1. The van der Waals surface area contributed by atoms with Gasteiger partial charge in [0.25, 0.3) is 5.91 Å². The monoisotopic (exact) mass is 338 g/mol. The molecule has 0 saturated carbocycles. The summed E-state index contributed by atoms with van der Waals surface area (Å²) in [5.74, 6) is -0.474. The van der Waals surface area contributed by atoms with Crippen molar-refractivity contribution >= 4 is 5.91 Å². The normalized spacial score (nSPS) is 11.8. The van der Waals surface area contributed by atoms with Crippen LogP contribution in [-0.4, -0.2) is 17.1 Å². The molecule has 128 valence electrons. The molecule has 0 radical (unpaired) electrons. The number of aromatic nitrogens is 1. The van der Waals surface area contributed by atoms with Gasteiger partial charge in [-0.2, -0.15) is 0 Å². The van der Waals surface area contributed by atoms with E-state index in [9.17, 15) is 9.18 Å². The molecule has 25 heavy (non-hydrogen) atoms. The fraction of sp³-hybridized carbons (Fsp3) is 0.150. The second kappa shape index (κ2) is 7.66. The number of hydrogen-bond acceptors (Lipinski definition) is 2. The van der Waals surface area contributed by atoms with Gasteiger partial charge in [0.15, 0.2) is 11.6 Å². The molecule has 1 amide bonds. The number of ether oxygens (including phenoxy) is 1. The highest BCUT2D eigenvalue weighted by Gasteiger charge is 2.18. The van der Waals surface area contributed by atoms with E-state index in [0.29, 0.717) is 5.69 Å². The Kier molecular flexibility index (Phi) is 5.14. The Morgan fingerprint density at radius 2 is 1.80 bits per heavy atom. The molecule has 5 heteroatoms. The van der Waals surface area contributed by atoms with E-state index < -0.39 is 11.9 Å². The number of carbonyl (C=O) groups excluding carboxylic acids is 1. The van der Waals surface area contributed by atoms with E-state index in [4.69, 9.17) is 4.74 Å². The quantitative estimate of drug-likeness (QED) is 0.744. The highest BCUT2D eigenvalue weighted by Crippen LogP contribution is 2.19. The van der Waals surface area contributed by atoms with Crippen molar-refractivity contribution in [1.82, 2.24) is 9.88 Å². The van der Waals surface area contributed by atoms with Gasteiger partial charge in [-0.25, -0.2) is 4.39 Å². The number of para-hydroxylation sites is 1. The molecule has 3 rings (SSSR count). The summed E-state index contributed by atoms with van der Waals surface area (Å²) in [6.45, 7) is 0.126. The molecule has 0 aliphatic carbocycles. The van der Waals surface area contributed by atoms with E-state index >= 15 is 0 Å². The van der Waals surface area contributed by atoms with Crippen molar-refractivity contribution in [2.45, 2.75) is 6.04 Å². The lowest BCUT2D eigenvalue weighted by Crippen LogP contribution is -2.33. The van der Waals surface area contributed by atoms with Gasteiger partial charge in [-0.15, -0.1) is 0 Å². The maximum atomic E-state index is 13.8. The first-order chi connectivity index (χ1) is 12.1. The number of nitrogens with zero attached hydrogens (tertiary/aromatic N) is 1. The van der Waals surface area contributed by atoms with Crippen LogP contribution >= 0.6 is 0 Å². The molecule has 1 unspecified atom stereocenters. The Morgan fingerprint density at radius 1 is 1.08 bits per heavy atom. The van der Waals surface area contributed by atoms with Crippen LogP contribution in [0.25, 0.3) is 0 Å². The average Bonchev–Trinajstić information content (AvgIpc) is 3.06. The highest BCUT2D eigenvalue weighted by molar-refractivity contribution is 5.93. The first-order valence-corrected chi connectivity index (χ1v) is 7.99. The third kappa shape index (κ3) is 4.07. The smallest absolute Gasteiger partial charge is 0.268 e. The lowest BCUT2D eigenvalue weighted by Gasteiger charge is -2.20. The van der Waals surface area contributed by atoms with Crippen molar-refractivity contribution < 1.29 is 13.9 Å². The summed E-state index contributed by atoms with van der Waals surface area (Å²) in [6.07, 6.45) is 1.81. The number of hydrogen-bond donors (Lipinski definition) is 1. The van der Waals surface area contributed by atoms with E-state index in [1.54, 1.807) is 28.8 Å². The van der Waals surface area contributed by atoms with Crippen molar-refractivity contribution in [2.24, 2.45) is 7.05 Å². The number of benzene rings is 2. The first-order valence-electron chi connectivity index (χ1n) is 7.99. The summed E-state index contributed by atoms with van der Waals surface area (Å²) in [6, 6.07) is 18.9. The molecule has 1 atom stereocenters. The summed E-state index contributed by atoms with van der Waals surface area (Å²) in [4.78, 5) is 12.5. The number of carbonyl (C=O) groups is 1. The topological polar surface area (TPSA) is 43.3 Å². The summed E-state index contributed by atoms with van der Waals surface area (Å²) >= 11 is 0. The lowest BCUT2D eigenvalue weighted by atomic mass is 10.1. The van der Waals surface area contributed by atoms with E-state index in [1.165, 1.54) is 6.07 Å². The maximum Gasteiger partial charge on any atom is 0.268 e. The maximum absolute atomic E-state index is 13.8. The highest BCUT2D eigenvalue weighted by atomic mass is 19.1. The third-order valence-corrected chi connectivity index (χ3v) is 3.93. The van der Waals surface area contributed by atoms with Crippen molar-refractivity contribution in [2.75, 3.05) is 6.61 Å². The molecule has 0 fully saturated rings. The predicted octanol–water partition coefficient (Wildman–Crippen LogP) is 3.71. The Balaban J connectivity index is 1.77. The van der Waals surface area contributed by atoms with E-state index in [1.807, 2.05) is 49.6 Å². The van der Waals surface area contributed by atoms with Crippen LogP contribution in [0.15, 0.2) is 72.9 Å². The molecule has 1 N–H and O–H groups in total. The Morgan fingerprint density at radius 3 is 2.48 bits per heavy atom. The van der Waals surface area contributed by atoms with Crippen molar-refractivity contribution in [3.8, 4) is 5.75 Å². The van der Waals surface area contributed by atoms with Crippen molar-refractivity contribution in [3.63, 3.8) is 0 Å². The lowest BCUT2D eigenvalue weighted by molar-refractivity contribution is 0.0912. The van der Waals surface area contributed by atoms with Crippen molar-refractivity contribution in [3.05, 3.63) is 90.0 Å². The van der Waals surface area contributed by atoms with Gasteiger partial charge < -0.3 is 14.6 Å². The van der Waals surface area contributed by atoms with E-state index in [-0.39, 0.29) is 18.3 Å². The van der Waals surface area contributed by atoms with Gasteiger partial charge in [0.05, 0.1) is 6.04 Å². The van der Waals surface area contributed by atoms with Gasteiger partial charge >= 0.3 is 0 Å². The Hall–Kier alpha value is -3.08. The van der Waals surface area contributed by atoms with Crippen LogP contribution in [0.5, 0.6) is 5.75 Å². The molecule has 2 aromatic carbocycles. The summed E-state index contributed by atoms with van der Waals surface area (Å²) in [7, 11) is 1.81. The van der Waals surface area contributed by atoms with Crippen molar-refractivity contribution in [1.29, 1.82) is 0 Å². The van der Waals surface area contributed by atoms with Crippen LogP contribution in [0.3, 0.4) is 0 Å². The number of halogens is 1. The summed E-state index contributed by atoms with van der Waals surface area (Å²) in [5.41, 5.74) is 1.44. The Bertz CT molecular complexity index is 846. The largest absolute Gasteiger partial charge is 0.488 e. The zero-order chi connectivity index (χ0) is 17.6. The minimum atomic E-state index is -0.428. The van der Waals surface area contributed by atoms with E-state index in [0.717, 1.165) is 5.56 Å². The van der Waals surface area contributed by atoms with Gasteiger partial charge in [-0.3, -0.25) is 4.79 Å². The number of amides is 1. The van der Waals surface area contributed by atoms with E-state index in [2.05, 4.69) is 5.32 Å². The second-order valence-corrected chi connectivity index (χ2v) is 5.68. The van der Waals surface area contributed by atoms with Crippen LogP contribution < -0.4 is 10.1 Å². The van der Waals surface area contributed by atoms with Crippen LogP contribution in [0, 0.1) is 5.82 Å². The Labute approximate surface area is 145 Å². The molecular formula is C20H19FN2O2. The molecular weight excluding hydrogens is 319 g/mol. The molecule has 1 heterocycles.